The molecule has 114 valence electrons. The molecule has 2 aromatic rings. The van der Waals surface area contributed by atoms with Crippen LogP contribution in [0.5, 0.6) is 5.75 Å². The van der Waals surface area contributed by atoms with Crippen LogP contribution in [0.1, 0.15) is 11.1 Å². The molecule has 0 amide bonds. The van der Waals surface area contributed by atoms with Crippen LogP contribution in [0.2, 0.25) is 0 Å². The van der Waals surface area contributed by atoms with Gasteiger partial charge >= 0.3 is 0 Å². The molecule has 0 atom stereocenters. The summed E-state index contributed by atoms with van der Waals surface area (Å²) in [6.07, 6.45) is 7.31. The van der Waals surface area contributed by atoms with E-state index in [-0.39, 0.29) is 0 Å². The van der Waals surface area contributed by atoms with E-state index in [0.29, 0.717) is 19.0 Å². The SMILES string of the molecule is C=CCOCC=C.Oc1ccccc1/C=C/c1ccccc1. The van der Waals surface area contributed by atoms with Gasteiger partial charge < -0.3 is 9.84 Å². The minimum atomic E-state index is 0.310. The Morgan fingerprint density at radius 2 is 1.41 bits per heavy atom. The van der Waals surface area contributed by atoms with Gasteiger partial charge in [-0.05, 0) is 11.6 Å². The molecular formula is C20H22O2. The Kier molecular flexibility index (Phi) is 8.83. The fourth-order valence-electron chi connectivity index (χ4n) is 1.61. The standard InChI is InChI=1S/C14H12O.C6H10O/c15-14-9-5-4-8-13(14)11-10-12-6-2-1-3-7-12;1-3-5-7-6-4-2/h1-11,15H;3-4H,1-2,5-6H2/b11-10+;. The number of rotatable bonds is 6. The monoisotopic (exact) mass is 294 g/mol. The first kappa shape index (κ1) is 17.5. The Balaban J connectivity index is 0.000000295. The van der Waals surface area contributed by atoms with Crippen LogP contribution < -0.4 is 0 Å². The smallest absolute Gasteiger partial charge is 0.122 e. The second-order valence-corrected chi connectivity index (χ2v) is 4.42. The Labute approximate surface area is 132 Å². The van der Waals surface area contributed by atoms with E-state index < -0.39 is 0 Å². The van der Waals surface area contributed by atoms with E-state index >= 15 is 0 Å². The summed E-state index contributed by atoms with van der Waals surface area (Å²) in [5.41, 5.74) is 1.96. The second kappa shape index (κ2) is 11.1. The molecule has 2 aromatic carbocycles. The molecule has 0 aromatic heterocycles. The van der Waals surface area contributed by atoms with E-state index in [1.54, 1.807) is 18.2 Å². The summed E-state index contributed by atoms with van der Waals surface area (Å²) in [7, 11) is 0. The molecular weight excluding hydrogens is 272 g/mol. The number of hydrogen-bond donors (Lipinski definition) is 1. The van der Waals surface area contributed by atoms with Gasteiger partial charge in [0, 0.05) is 5.56 Å². The Bertz CT molecular complexity index is 578. The highest BCUT2D eigenvalue weighted by Crippen LogP contribution is 2.18. The third-order valence-corrected chi connectivity index (χ3v) is 2.66. The fourth-order valence-corrected chi connectivity index (χ4v) is 1.61. The first-order valence-corrected chi connectivity index (χ1v) is 7.08. The maximum atomic E-state index is 9.54. The largest absolute Gasteiger partial charge is 0.507 e. The van der Waals surface area contributed by atoms with Gasteiger partial charge in [0.25, 0.3) is 0 Å². The Hall–Kier alpha value is -2.58. The van der Waals surface area contributed by atoms with Crippen molar-refractivity contribution in [2.24, 2.45) is 0 Å². The molecule has 0 bridgehead atoms. The van der Waals surface area contributed by atoms with Gasteiger partial charge in [-0.3, -0.25) is 0 Å². The van der Waals surface area contributed by atoms with Crippen LogP contribution >= 0.6 is 0 Å². The summed E-state index contributed by atoms with van der Waals surface area (Å²) in [5.74, 6) is 0.310. The molecule has 0 radical (unpaired) electrons. The van der Waals surface area contributed by atoms with Crippen molar-refractivity contribution in [2.45, 2.75) is 0 Å². The lowest BCUT2D eigenvalue weighted by molar-refractivity contribution is 0.194. The van der Waals surface area contributed by atoms with Gasteiger partial charge in [0.15, 0.2) is 0 Å². The third kappa shape index (κ3) is 7.27. The van der Waals surface area contributed by atoms with Crippen LogP contribution in [0, 0.1) is 0 Å². The van der Waals surface area contributed by atoms with Gasteiger partial charge in [0.1, 0.15) is 5.75 Å². The summed E-state index contributed by atoms with van der Waals surface area (Å²) in [6.45, 7) is 8.18. The van der Waals surface area contributed by atoms with Crippen molar-refractivity contribution in [3.63, 3.8) is 0 Å². The molecule has 0 saturated heterocycles. The maximum Gasteiger partial charge on any atom is 0.122 e. The first-order valence-electron chi connectivity index (χ1n) is 7.08. The van der Waals surface area contributed by atoms with E-state index in [0.717, 1.165) is 11.1 Å². The van der Waals surface area contributed by atoms with Gasteiger partial charge in [0.05, 0.1) is 13.2 Å². The molecule has 0 saturated carbocycles. The zero-order chi connectivity index (χ0) is 16.0. The Morgan fingerprint density at radius 3 is 2.00 bits per heavy atom. The lowest BCUT2D eigenvalue weighted by atomic mass is 10.1. The number of aromatic hydroxyl groups is 1. The molecule has 2 rings (SSSR count). The molecule has 0 spiro atoms. The number of hydrogen-bond acceptors (Lipinski definition) is 2. The first-order chi connectivity index (χ1) is 10.8. The highest BCUT2D eigenvalue weighted by molar-refractivity contribution is 5.72. The summed E-state index contributed by atoms with van der Waals surface area (Å²) in [6, 6.07) is 17.3. The molecule has 0 fully saturated rings. The lowest BCUT2D eigenvalue weighted by Gasteiger charge is -1.97. The summed E-state index contributed by atoms with van der Waals surface area (Å²) < 4.78 is 4.90. The molecule has 0 heterocycles. The summed E-state index contributed by atoms with van der Waals surface area (Å²) in [4.78, 5) is 0. The van der Waals surface area contributed by atoms with E-state index in [2.05, 4.69) is 13.2 Å². The number of phenols is 1. The molecule has 1 N–H and O–H groups in total. The summed E-state index contributed by atoms with van der Waals surface area (Å²) >= 11 is 0. The van der Waals surface area contributed by atoms with Gasteiger partial charge in [-0.1, -0.05) is 72.8 Å². The summed E-state index contributed by atoms with van der Waals surface area (Å²) in [5, 5.41) is 9.54. The van der Waals surface area contributed by atoms with Gasteiger partial charge in [-0.15, -0.1) is 13.2 Å². The van der Waals surface area contributed by atoms with Crippen molar-refractivity contribution in [1.29, 1.82) is 0 Å². The Morgan fingerprint density at radius 1 is 0.818 bits per heavy atom. The zero-order valence-electron chi connectivity index (χ0n) is 12.7. The number of phenolic OH excluding ortho intramolecular Hbond substituents is 1. The molecule has 0 aliphatic rings. The van der Waals surface area contributed by atoms with Crippen molar-refractivity contribution in [3.05, 3.63) is 91.0 Å². The van der Waals surface area contributed by atoms with E-state index in [1.807, 2.05) is 60.7 Å². The average Bonchev–Trinajstić information content (AvgIpc) is 2.56. The van der Waals surface area contributed by atoms with Crippen LogP contribution in [-0.4, -0.2) is 18.3 Å². The van der Waals surface area contributed by atoms with E-state index in [9.17, 15) is 5.11 Å². The topological polar surface area (TPSA) is 29.5 Å². The fraction of sp³-hybridized carbons (Fsp3) is 0.100. The van der Waals surface area contributed by atoms with Gasteiger partial charge in [-0.25, -0.2) is 0 Å². The number of benzene rings is 2. The van der Waals surface area contributed by atoms with E-state index in [4.69, 9.17) is 4.74 Å². The van der Waals surface area contributed by atoms with Crippen molar-refractivity contribution in [1.82, 2.24) is 0 Å². The van der Waals surface area contributed by atoms with Crippen molar-refractivity contribution < 1.29 is 9.84 Å². The maximum absolute atomic E-state index is 9.54. The molecule has 0 unspecified atom stereocenters. The molecule has 2 nitrogen and oxygen atoms in total. The van der Waals surface area contributed by atoms with Crippen molar-refractivity contribution in [3.8, 4) is 5.75 Å². The normalized spacial score (nSPS) is 9.82. The highest BCUT2D eigenvalue weighted by Gasteiger charge is 1.93. The van der Waals surface area contributed by atoms with Crippen LogP contribution in [0.25, 0.3) is 12.2 Å². The van der Waals surface area contributed by atoms with Gasteiger partial charge in [-0.2, -0.15) is 0 Å². The number of ether oxygens (including phenoxy) is 1. The highest BCUT2D eigenvalue weighted by atomic mass is 16.5. The molecule has 0 aliphatic heterocycles. The minimum absolute atomic E-state index is 0.310. The lowest BCUT2D eigenvalue weighted by Crippen LogP contribution is -1.87. The number of para-hydroxylation sites is 1. The zero-order valence-corrected chi connectivity index (χ0v) is 12.7. The van der Waals surface area contributed by atoms with Crippen molar-refractivity contribution in [2.75, 3.05) is 13.2 Å². The van der Waals surface area contributed by atoms with Crippen LogP contribution in [0.15, 0.2) is 79.9 Å². The van der Waals surface area contributed by atoms with E-state index in [1.165, 1.54) is 0 Å². The quantitative estimate of drug-likeness (QED) is 0.464. The van der Waals surface area contributed by atoms with Gasteiger partial charge in [0.2, 0.25) is 0 Å². The molecule has 2 heteroatoms. The van der Waals surface area contributed by atoms with Crippen LogP contribution in [-0.2, 0) is 4.74 Å². The molecule has 22 heavy (non-hydrogen) atoms. The third-order valence-electron chi connectivity index (χ3n) is 2.66. The minimum Gasteiger partial charge on any atom is -0.507 e. The second-order valence-electron chi connectivity index (χ2n) is 4.42. The average molecular weight is 294 g/mol. The predicted octanol–water partition coefficient (Wildman–Crippen LogP) is 4.94. The van der Waals surface area contributed by atoms with Crippen LogP contribution in [0.4, 0.5) is 0 Å². The van der Waals surface area contributed by atoms with Crippen LogP contribution in [0.3, 0.4) is 0 Å². The molecule has 0 aliphatic carbocycles. The predicted molar refractivity (Wildman–Crippen MR) is 94.7 cm³/mol. The van der Waals surface area contributed by atoms with Crippen molar-refractivity contribution >= 4 is 12.2 Å².